The zero-order valence-electron chi connectivity index (χ0n) is 28.6. The molecule has 0 unspecified atom stereocenters. The molecule has 2 aromatic heterocycles. The molecule has 0 aliphatic heterocycles. The van der Waals surface area contributed by atoms with E-state index in [2.05, 4.69) is 13.8 Å². The maximum Gasteiger partial charge on any atom is 0.351 e. The molecule has 0 aliphatic carbocycles. The third-order valence-corrected chi connectivity index (χ3v) is 10.1. The minimum absolute atomic E-state index is 0.0370. The number of ether oxygens (including phenoxy) is 2. The minimum Gasteiger partial charge on any atom is -0.499 e. The van der Waals surface area contributed by atoms with E-state index in [1.807, 2.05) is 10.6 Å². The normalized spacial score (nSPS) is 11.3. The number of carboxylic acids is 2. The predicted molar refractivity (Wildman–Crippen MR) is 196 cm³/mol. The topological polar surface area (TPSA) is 226 Å². The van der Waals surface area contributed by atoms with Crippen molar-refractivity contribution in [2.75, 3.05) is 13.2 Å². The van der Waals surface area contributed by atoms with Gasteiger partial charge in [-0.05, 0) is 49.2 Å². The van der Waals surface area contributed by atoms with Crippen LogP contribution in [0.2, 0.25) is 0 Å². The van der Waals surface area contributed by atoms with Gasteiger partial charge in [0.2, 0.25) is 16.5 Å². The molecule has 0 atom stereocenters. The lowest BCUT2D eigenvalue weighted by Crippen LogP contribution is -2.67. The van der Waals surface area contributed by atoms with Crippen LogP contribution in [-0.4, -0.2) is 63.1 Å². The summed E-state index contributed by atoms with van der Waals surface area (Å²) in [6.45, 7) is 4.88. The molecule has 16 heteroatoms. The van der Waals surface area contributed by atoms with E-state index in [-0.39, 0.29) is 20.2 Å². The standard InChI is InChI=1S/C36H40N2O12S2/c1-3-5-7-9-15-49-20-11-13-24-22(17-20)29(41)27(33(45)51-24)31(43)37-36(35(47)48,19-26(39)40)38-32(44)28-30(42)23-18-21(50-16-10-8-6-4-2)12-14-25(23)52-34(28)46/h11-14,17-18,45-46H,3-10,15-16,19H2,1-2H3,(H,37,43)(H,38,44)(H,39,40)(H,47,48). The number of aliphatic carboxylic acids is 2. The van der Waals surface area contributed by atoms with E-state index >= 15 is 0 Å². The molecule has 2 amide bonds. The van der Waals surface area contributed by atoms with Gasteiger partial charge in [-0.25, -0.2) is 4.79 Å². The first kappa shape index (κ1) is 39.6. The van der Waals surface area contributed by atoms with E-state index in [1.165, 1.54) is 24.3 Å². The van der Waals surface area contributed by atoms with Gasteiger partial charge in [0.05, 0.1) is 19.6 Å². The summed E-state index contributed by atoms with van der Waals surface area (Å²) in [5.74, 6) is -6.29. The number of hydrogen-bond acceptors (Lipinski definition) is 12. The zero-order chi connectivity index (χ0) is 38.0. The van der Waals surface area contributed by atoms with Crippen molar-refractivity contribution in [3.05, 3.63) is 68.0 Å². The molecule has 0 spiro atoms. The molecule has 2 aromatic carbocycles. The molecule has 52 heavy (non-hydrogen) atoms. The Morgan fingerprint density at radius 3 is 1.46 bits per heavy atom. The van der Waals surface area contributed by atoms with Crippen molar-refractivity contribution in [1.82, 2.24) is 10.6 Å². The van der Waals surface area contributed by atoms with Gasteiger partial charge in [0.1, 0.15) is 22.6 Å². The number of benzene rings is 2. The fourth-order valence-corrected chi connectivity index (χ4v) is 7.17. The molecule has 0 saturated heterocycles. The average molecular weight is 757 g/mol. The molecule has 4 rings (SSSR count). The van der Waals surface area contributed by atoms with Gasteiger partial charge in [0.15, 0.2) is 10.1 Å². The van der Waals surface area contributed by atoms with Crippen LogP contribution < -0.4 is 31.0 Å². The maximum absolute atomic E-state index is 13.6. The second kappa shape index (κ2) is 17.8. The van der Waals surface area contributed by atoms with Crippen molar-refractivity contribution < 1.29 is 49.1 Å². The summed E-state index contributed by atoms with van der Waals surface area (Å²) < 4.78 is 12.0. The number of rotatable bonds is 19. The molecule has 4 aromatic rings. The van der Waals surface area contributed by atoms with Crippen LogP contribution in [0.3, 0.4) is 0 Å². The summed E-state index contributed by atoms with van der Waals surface area (Å²) in [4.78, 5) is 78.8. The molecule has 6 N–H and O–H groups in total. The number of carbonyl (C=O) groups excluding carboxylic acids is 2. The Hall–Kier alpha value is -5.22. The predicted octanol–water partition coefficient (Wildman–Crippen LogP) is 5.58. The maximum atomic E-state index is 13.6. The van der Waals surface area contributed by atoms with Crippen LogP contribution in [0.5, 0.6) is 21.6 Å². The average Bonchev–Trinajstić information content (AvgIpc) is 3.08. The fourth-order valence-electron chi connectivity index (χ4n) is 5.38. The van der Waals surface area contributed by atoms with E-state index in [0.29, 0.717) is 47.4 Å². The van der Waals surface area contributed by atoms with Gasteiger partial charge in [-0.1, -0.05) is 75.0 Å². The lowest BCUT2D eigenvalue weighted by molar-refractivity contribution is -0.152. The Kier molecular flexibility index (Phi) is 13.6. The summed E-state index contributed by atoms with van der Waals surface area (Å²) in [6.07, 6.45) is 6.10. The van der Waals surface area contributed by atoms with Crippen LogP contribution in [-0.2, 0) is 9.59 Å². The Morgan fingerprint density at radius 1 is 0.673 bits per heavy atom. The van der Waals surface area contributed by atoms with Gasteiger partial charge in [-0.15, -0.1) is 0 Å². The van der Waals surface area contributed by atoms with E-state index in [1.54, 1.807) is 12.1 Å². The molecule has 14 nitrogen and oxygen atoms in total. The Morgan fingerprint density at radius 2 is 1.10 bits per heavy atom. The lowest BCUT2D eigenvalue weighted by Gasteiger charge is -2.30. The highest BCUT2D eigenvalue weighted by Gasteiger charge is 2.46. The number of carbonyl (C=O) groups is 4. The molecule has 0 saturated carbocycles. The minimum atomic E-state index is -3.16. The summed E-state index contributed by atoms with van der Waals surface area (Å²) in [7, 11) is 0. The molecular formula is C36H40N2O12S2. The van der Waals surface area contributed by atoms with Gasteiger partial charge in [0, 0.05) is 20.2 Å². The lowest BCUT2D eigenvalue weighted by atomic mass is 10.0. The van der Waals surface area contributed by atoms with Crippen LogP contribution >= 0.6 is 22.7 Å². The van der Waals surface area contributed by atoms with E-state index in [0.717, 1.165) is 51.4 Å². The number of unbranched alkanes of at least 4 members (excludes halogenated alkanes) is 6. The largest absolute Gasteiger partial charge is 0.499 e. The number of aromatic hydroxyl groups is 2. The van der Waals surface area contributed by atoms with Crippen LogP contribution in [0.25, 0.3) is 20.2 Å². The van der Waals surface area contributed by atoms with Crippen molar-refractivity contribution in [3.8, 4) is 21.6 Å². The van der Waals surface area contributed by atoms with Gasteiger partial charge in [-0.3, -0.25) is 24.0 Å². The van der Waals surface area contributed by atoms with Crippen molar-refractivity contribution >= 4 is 66.6 Å². The number of carboxylic acid groups (broad SMARTS) is 2. The fraction of sp³-hybridized carbons (Fsp3) is 0.389. The molecule has 0 fully saturated rings. The SMILES string of the molecule is CCCCCCOc1ccc2sc(O)c(C(=O)NC(CC(=O)O)(NC(=O)c3c(O)sc4ccc(OCCCCCC)cc4c3=O)C(=O)O)c(=O)c2c1. The highest BCUT2D eigenvalue weighted by Crippen LogP contribution is 2.32. The highest BCUT2D eigenvalue weighted by atomic mass is 32.1. The quantitative estimate of drug-likeness (QED) is 0.0509. The molecule has 0 aliphatic rings. The Labute approximate surface area is 305 Å². The van der Waals surface area contributed by atoms with E-state index in [4.69, 9.17) is 9.47 Å². The number of amides is 2. The summed E-state index contributed by atoms with van der Waals surface area (Å²) in [6, 6.07) is 8.94. The smallest absolute Gasteiger partial charge is 0.351 e. The second-order valence-corrected chi connectivity index (χ2v) is 14.1. The monoisotopic (exact) mass is 756 g/mol. The van der Waals surface area contributed by atoms with Crippen molar-refractivity contribution in [1.29, 1.82) is 0 Å². The Bertz CT molecular complexity index is 1960. The number of nitrogens with one attached hydrogen (secondary N) is 2. The molecule has 278 valence electrons. The molecule has 2 heterocycles. The number of hydrogen-bond donors (Lipinski definition) is 6. The molecule has 0 bridgehead atoms. The van der Waals surface area contributed by atoms with E-state index < -0.39 is 67.9 Å². The van der Waals surface area contributed by atoms with Crippen LogP contribution in [0, 0.1) is 0 Å². The molecule has 0 radical (unpaired) electrons. The Balaban J connectivity index is 1.67. The van der Waals surface area contributed by atoms with Gasteiger partial charge in [-0.2, -0.15) is 0 Å². The van der Waals surface area contributed by atoms with Crippen molar-refractivity contribution in [2.24, 2.45) is 0 Å². The van der Waals surface area contributed by atoms with Crippen LogP contribution in [0.1, 0.15) is 92.4 Å². The van der Waals surface area contributed by atoms with Crippen molar-refractivity contribution in [3.63, 3.8) is 0 Å². The first-order valence-corrected chi connectivity index (χ1v) is 18.4. The van der Waals surface area contributed by atoms with Gasteiger partial charge < -0.3 is 40.5 Å². The summed E-state index contributed by atoms with van der Waals surface area (Å²) in [5.41, 5.74) is -7.01. The second-order valence-electron chi connectivity index (χ2n) is 12.0. The zero-order valence-corrected chi connectivity index (χ0v) is 30.2. The van der Waals surface area contributed by atoms with Gasteiger partial charge in [0.25, 0.3) is 11.8 Å². The van der Waals surface area contributed by atoms with Gasteiger partial charge >= 0.3 is 11.9 Å². The summed E-state index contributed by atoms with van der Waals surface area (Å²) in [5, 5.41) is 43.4. The van der Waals surface area contributed by atoms with Crippen LogP contribution in [0.4, 0.5) is 0 Å². The molecular weight excluding hydrogens is 717 g/mol. The highest BCUT2D eigenvalue weighted by molar-refractivity contribution is 7.20. The number of fused-ring (bicyclic) bond motifs is 2. The first-order chi connectivity index (χ1) is 24.8. The van der Waals surface area contributed by atoms with E-state index in [9.17, 15) is 49.2 Å². The summed E-state index contributed by atoms with van der Waals surface area (Å²) >= 11 is 1.27. The van der Waals surface area contributed by atoms with Crippen molar-refractivity contribution in [2.45, 2.75) is 77.3 Å². The first-order valence-electron chi connectivity index (χ1n) is 16.8. The third kappa shape index (κ3) is 9.36. The van der Waals surface area contributed by atoms with Crippen LogP contribution in [0.15, 0.2) is 46.0 Å². The third-order valence-electron chi connectivity index (χ3n) is 8.11.